The molecule has 0 saturated carbocycles. The van der Waals surface area contributed by atoms with Crippen molar-refractivity contribution in [2.45, 2.75) is 6.54 Å². The number of likely N-dealkylation sites (N-methyl/N-ethyl adjacent to an activating group) is 2. The summed E-state index contributed by atoms with van der Waals surface area (Å²) in [6.07, 6.45) is 0. The third-order valence-corrected chi connectivity index (χ3v) is 4.70. The number of hydrogen-bond donors (Lipinski definition) is 1. The van der Waals surface area contributed by atoms with Crippen molar-refractivity contribution >= 4 is 42.5 Å². The zero-order chi connectivity index (χ0) is 15.1. The van der Waals surface area contributed by atoms with Gasteiger partial charge in [-0.15, -0.1) is 24.8 Å². The van der Waals surface area contributed by atoms with Crippen LogP contribution < -0.4 is 5.32 Å². The number of hydrogen-bond acceptors (Lipinski definition) is 4. The number of nitrogens with zero attached hydrogens (tertiary/aromatic N) is 2. The minimum absolute atomic E-state index is 0. The van der Waals surface area contributed by atoms with Crippen LogP contribution in [0.25, 0.3) is 0 Å². The molecule has 0 unspecified atom stereocenters. The second-order valence-electron chi connectivity index (χ2n) is 5.42. The summed E-state index contributed by atoms with van der Waals surface area (Å²) in [7, 11) is 3.74. The van der Waals surface area contributed by atoms with Crippen LogP contribution >= 0.6 is 36.6 Å². The lowest BCUT2D eigenvalue weighted by molar-refractivity contribution is 0.0797. The standard InChI is InChI=1S/C16H25N3OS.2ClH/c1-17-7-8-18(2)16(20)15-5-3-14(4-6-15)13-19-9-11-21-12-10-19;;/h3-6,17H,7-13H2,1-2H3;2*1H. The summed E-state index contributed by atoms with van der Waals surface area (Å²) in [5.74, 6) is 2.55. The molecule has 1 amide bonds. The molecule has 1 aliphatic heterocycles. The van der Waals surface area contributed by atoms with Crippen molar-refractivity contribution in [3.05, 3.63) is 35.4 Å². The molecule has 1 fully saturated rings. The molecule has 1 aromatic rings. The highest BCUT2D eigenvalue weighted by Gasteiger charge is 2.13. The molecule has 0 radical (unpaired) electrons. The summed E-state index contributed by atoms with van der Waals surface area (Å²) in [4.78, 5) is 16.5. The van der Waals surface area contributed by atoms with Crippen LogP contribution in [0.1, 0.15) is 15.9 Å². The van der Waals surface area contributed by atoms with Crippen LogP contribution in [0, 0.1) is 0 Å². The van der Waals surface area contributed by atoms with E-state index < -0.39 is 0 Å². The highest BCUT2D eigenvalue weighted by Crippen LogP contribution is 2.14. The molecule has 0 spiro atoms. The number of carbonyl (C=O) groups is 1. The van der Waals surface area contributed by atoms with Gasteiger partial charge < -0.3 is 10.2 Å². The van der Waals surface area contributed by atoms with Crippen molar-refractivity contribution in [3.63, 3.8) is 0 Å². The van der Waals surface area contributed by atoms with E-state index >= 15 is 0 Å². The van der Waals surface area contributed by atoms with E-state index in [1.54, 1.807) is 4.90 Å². The van der Waals surface area contributed by atoms with Gasteiger partial charge in [0.15, 0.2) is 0 Å². The molecule has 0 aliphatic carbocycles. The first kappa shape index (κ1) is 22.5. The van der Waals surface area contributed by atoms with Crippen LogP contribution in [-0.2, 0) is 6.54 Å². The van der Waals surface area contributed by atoms with Crippen LogP contribution in [0.5, 0.6) is 0 Å². The summed E-state index contributed by atoms with van der Waals surface area (Å²) in [5, 5.41) is 3.06. The largest absolute Gasteiger partial charge is 0.340 e. The van der Waals surface area contributed by atoms with Crippen molar-refractivity contribution in [2.24, 2.45) is 0 Å². The first-order valence-electron chi connectivity index (χ1n) is 7.50. The van der Waals surface area contributed by atoms with Gasteiger partial charge in [-0.05, 0) is 24.7 Å². The van der Waals surface area contributed by atoms with Crippen LogP contribution in [0.2, 0.25) is 0 Å². The molecule has 132 valence electrons. The van der Waals surface area contributed by atoms with Gasteiger partial charge in [-0.2, -0.15) is 11.8 Å². The Kier molecular flexibility index (Phi) is 11.7. The average Bonchev–Trinajstić information content (AvgIpc) is 2.53. The predicted molar refractivity (Wildman–Crippen MR) is 104 cm³/mol. The van der Waals surface area contributed by atoms with Gasteiger partial charge in [0.2, 0.25) is 0 Å². The van der Waals surface area contributed by atoms with Crippen LogP contribution in [0.4, 0.5) is 0 Å². The third kappa shape index (κ3) is 7.31. The normalized spacial score (nSPS) is 14.5. The average molecular weight is 380 g/mol. The van der Waals surface area contributed by atoms with Gasteiger partial charge in [-0.3, -0.25) is 9.69 Å². The summed E-state index contributed by atoms with van der Waals surface area (Å²) in [6.45, 7) is 4.86. The highest BCUT2D eigenvalue weighted by molar-refractivity contribution is 7.99. The van der Waals surface area contributed by atoms with Crippen molar-refractivity contribution in [1.29, 1.82) is 0 Å². The maximum Gasteiger partial charge on any atom is 0.253 e. The maximum absolute atomic E-state index is 12.2. The van der Waals surface area contributed by atoms with E-state index in [0.29, 0.717) is 0 Å². The summed E-state index contributed by atoms with van der Waals surface area (Å²) >= 11 is 2.03. The van der Waals surface area contributed by atoms with E-state index in [9.17, 15) is 4.79 Å². The predicted octanol–water partition coefficient (Wildman–Crippen LogP) is 2.37. The quantitative estimate of drug-likeness (QED) is 0.822. The van der Waals surface area contributed by atoms with Gasteiger partial charge in [0, 0.05) is 56.8 Å². The van der Waals surface area contributed by atoms with Crippen molar-refractivity contribution < 1.29 is 4.79 Å². The molecule has 4 nitrogen and oxygen atoms in total. The number of amides is 1. The molecule has 23 heavy (non-hydrogen) atoms. The Morgan fingerprint density at radius 3 is 2.39 bits per heavy atom. The van der Waals surface area contributed by atoms with Crippen molar-refractivity contribution in [2.75, 3.05) is 51.8 Å². The van der Waals surface area contributed by atoms with E-state index in [4.69, 9.17) is 0 Å². The smallest absolute Gasteiger partial charge is 0.253 e. The zero-order valence-corrected chi connectivity index (χ0v) is 16.2. The van der Waals surface area contributed by atoms with Crippen molar-refractivity contribution in [3.8, 4) is 0 Å². The molecule has 1 heterocycles. The van der Waals surface area contributed by atoms with E-state index in [1.807, 2.05) is 38.0 Å². The highest BCUT2D eigenvalue weighted by atomic mass is 35.5. The van der Waals surface area contributed by atoms with Crippen molar-refractivity contribution in [1.82, 2.24) is 15.1 Å². The Morgan fingerprint density at radius 1 is 1.22 bits per heavy atom. The maximum atomic E-state index is 12.2. The SMILES string of the molecule is CNCCN(C)C(=O)c1ccc(CN2CCSCC2)cc1.Cl.Cl. The summed E-state index contributed by atoms with van der Waals surface area (Å²) < 4.78 is 0. The van der Waals surface area contributed by atoms with Gasteiger partial charge in [0.05, 0.1) is 0 Å². The van der Waals surface area contributed by atoms with Gasteiger partial charge >= 0.3 is 0 Å². The van der Waals surface area contributed by atoms with Gasteiger partial charge in [-0.25, -0.2) is 0 Å². The molecular formula is C16H27Cl2N3OS. The van der Waals surface area contributed by atoms with Gasteiger partial charge in [0.1, 0.15) is 0 Å². The van der Waals surface area contributed by atoms with Gasteiger partial charge in [-0.1, -0.05) is 12.1 Å². The van der Waals surface area contributed by atoms with E-state index in [-0.39, 0.29) is 30.7 Å². The number of rotatable bonds is 6. The van der Waals surface area contributed by atoms with Crippen LogP contribution in [-0.4, -0.2) is 67.5 Å². The fourth-order valence-corrected chi connectivity index (χ4v) is 3.35. The molecule has 0 atom stereocenters. The lowest BCUT2D eigenvalue weighted by Crippen LogP contribution is -2.33. The van der Waals surface area contributed by atoms with Gasteiger partial charge in [0.25, 0.3) is 5.91 Å². The Bertz CT molecular complexity index is 453. The Morgan fingerprint density at radius 2 is 1.83 bits per heavy atom. The third-order valence-electron chi connectivity index (χ3n) is 3.75. The molecule has 1 aromatic carbocycles. The lowest BCUT2D eigenvalue weighted by Gasteiger charge is -2.26. The first-order valence-corrected chi connectivity index (χ1v) is 8.65. The Hall–Kier alpha value is -0.460. The lowest BCUT2D eigenvalue weighted by atomic mass is 10.1. The fraction of sp³-hybridized carbons (Fsp3) is 0.562. The van der Waals surface area contributed by atoms with Crippen LogP contribution in [0.15, 0.2) is 24.3 Å². The molecule has 0 aromatic heterocycles. The number of halogens is 2. The number of thioether (sulfide) groups is 1. The Labute approximate surface area is 156 Å². The molecule has 2 rings (SSSR count). The molecule has 1 saturated heterocycles. The number of nitrogens with one attached hydrogen (secondary N) is 1. The monoisotopic (exact) mass is 379 g/mol. The molecule has 1 N–H and O–H groups in total. The number of benzene rings is 1. The fourth-order valence-electron chi connectivity index (χ4n) is 2.37. The minimum atomic E-state index is 0. The molecular weight excluding hydrogens is 353 g/mol. The molecule has 1 aliphatic rings. The second-order valence-corrected chi connectivity index (χ2v) is 6.64. The molecule has 7 heteroatoms. The van der Waals surface area contributed by atoms with E-state index in [2.05, 4.69) is 22.3 Å². The first-order chi connectivity index (χ1) is 10.2. The zero-order valence-electron chi connectivity index (χ0n) is 13.8. The van der Waals surface area contributed by atoms with E-state index in [0.717, 1.165) is 38.3 Å². The second kappa shape index (κ2) is 12.0. The Balaban J connectivity index is 0.00000242. The van der Waals surface area contributed by atoms with Crippen LogP contribution in [0.3, 0.4) is 0 Å². The number of carbonyl (C=O) groups excluding carboxylic acids is 1. The topological polar surface area (TPSA) is 35.6 Å². The molecule has 0 bridgehead atoms. The van der Waals surface area contributed by atoms with E-state index in [1.165, 1.54) is 17.1 Å². The summed E-state index contributed by atoms with van der Waals surface area (Å²) in [6, 6.07) is 8.07. The summed E-state index contributed by atoms with van der Waals surface area (Å²) in [5.41, 5.74) is 2.06. The minimum Gasteiger partial charge on any atom is -0.340 e.